The van der Waals surface area contributed by atoms with Crippen molar-refractivity contribution in [2.75, 3.05) is 11.4 Å². The number of nitro benzene ring substituents is 1. The molecule has 0 aliphatic carbocycles. The first-order chi connectivity index (χ1) is 10.1. The topological polar surface area (TPSA) is 92.1 Å². The van der Waals surface area contributed by atoms with Gasteiger partial charge in [0.2, 0.25) is 0 Å². The summed E-state index contributed by atoms with van der Waals surface area (Å²) in [4.78, 5) is 23.8. The zero-order valence-corrected chi connectivity index (χ0v) is 11.6. The quantitative estimate of drug-likeness (QED) is 0.675. The first kappa shape index (κ1) is 13.6. The lowest BCUT2D eigenvalue weighted by Gasteiger charge is -2.30. The average molecular weight is 307 g/mol. The lowest BCUT2D eigenvalue weighted by atomic mass is 9.99. The standard InChI is InChI=1S/C13H11ClN4O3/c14-12-11(6-15-16-13(12)19)17-4-3-8-1-2-10(18(20)21)5-9(8)7-17/h1-2,5-6H,3-4,7H2,(H,16,19). The van der Waals surface area contributed by atoms with Gasteiger partial charge < -0.3 is 4.90 Å². The second-order valence-corrected chi connectivity index (χ2v) is 5.16. The predicted molar refractivity (Wildman–Crippen MR) is 77.7 cm³/mol. The molecule has 1 aromatic carbocycles. The average Bonchev–Trinajstić information content (AvgIpc) is 2.49. The van der Waals surface area contributed by atoms with E-state index in [0.29, 0.717) is 18.8 Å². The third-order valence-electron chi connectivity index (χ3n) is 3.53. The molecule has 0 amide bonds. The highest BCUT2D eigenvalue weighted by atomic mass is 35.5. The number of aromatic amines is 1. The number of anilines is 1. The molecule has 1 aromatic heterocycles. The zero-order valence-electron chi connectivity index (χ0n) is 10.9. The van der Waals surface area contributed by atoms with Crippen LogP contribution in [0.5, 0.6) is 0 Å². The fourth-order valence-electron chi connectivity index (χ4n) is 2.46. The molecule has 0 fully saturated rings. The normalized spacial score (nSPS) is 13.9. The third-order valence-corrected chi connectivity index (χ3v) is 3.90. The molecule has 1 aliphatic rings. The van der Waals surface area contributed by atoms with Crippen molar-refractivity contribution < 1.29 is 4.92 Å². The van der Waals surface area contributed by atoms with Crippen molar-refractivity contribution >= 4 is 23.0 Å². The molecular formula is C13H11ClN4O3. The predicted octanol–water partition coefficient (Wildman–Crippen LogP) is 1.89. The van der Waals surface area contributed by atoms with E-state index in [0.717, 1.165) is 17.5 Å². The van der Waals surface area contributed by atoms with E-state index in [1.54, 1.807) is 12.1 Å². The highest BCUT2D eigenvalue weighted by Gasteiger charge is 2.21. The van der Waals surface area contributed by atoms with Gasteiger partial charge in [-0.3, -0.25) is 14.9 Å². The van der Waals surface area contributed by atoms with E-state index in [-0.39, 0.29) is 10.7 Å². The van der Waals surface area contributed by atoms with Gasteiger partial charge in [0.15, 0.2) is 0 Å². The Kier molecular flexibility index (Phi) is 3.34. The van der Waals surface area contributed by atoms with Crippen LogP contribution in [0.3, 0.4) is 0 Å². The summed E-state index contributed by atoms with van der Waals surface area (Å²) >= 11 is 6.00. The maximum Gasteiger partial charge on any atom is 0.285 e. The molecule has 0 spiro atoms. The van der Waals surface area contributed by atoms with Gasteiger partial charge in [-0.1, -0.05) is 17.7 Å². The molecule has 1 N–H and O–H groups in total. The molecule has 0 saturated carbocycles. The molecule has 8 heteroatoms. The molecule has 0 saturated heterocycles. The number of nitrogens with zero attached hydrogens (tertiary/aromatic N) is 3. The van der Waals surface area contributed by atoms with Gasteiger partial charge in [0, 0.05) is 25.2 Å². The fraction of sp³-hybridized carbons (Fsp3) is 0.231. The number of hydrogen-bond donors (Lipinski definition) is 1. The molecule has 7 nitrogen and oxygen atoms in total. The molecule has 0 bridgehead atoms. The molecule has 108 valence electrons. The molecule has 1 aliphatic heterocycles. The third kappa shape index (κ3) is 2.47. The van der Waals surface area contributed by atoms with E-state index in [4.69, 9.17) is 11.6 Å². The molecule has 0 radical (unpaired) electrons. The monoisotopic (exact) mass is 306 g/mol. The molecular weight excluding hydrogens is 296 g/mol. The van der Waals surface area contributed by atoms with Crippen molar-refractivity contribution in [3.8, 4) is 0 Å². The van der Waals surface area contributed by atoms with Crippen molar-refractivity contribution in [2.45, 2.75) is 13.0 Å². The number of H-pyrrole nitrogens is 1. The maximum absolute atomic E-state index is 11.5. The van der Waals surface area contributed by atoms with Crippen LogP contribution in [0, 0.1) is 10.1 Å². The summed E-state index contributed by atoms with van der Waals surface area (Å²) in [7, 11) is 0. The number of non-ortho nitro benzene ring substituents is 1. The number of aromatic nitrogens is 2. The van der Waals surface area contributed by atoms with Gasteiger partial charge in [0.05, 0.1) is 16.8 Å². The molecule has 3 rings (SSSR count). The minimum atomic E-state index is -0.445. The summed E-state index contributed by atoms with van der Waals surface area (Å²) in [6.45, 7) is 1.14. The number of nitrogens with one attached hydrogen (secondary N) is 1. The fourth-order valence-corrected chi connectivity index (χ4v) is 2.67. The lowest BCUT2D eigenvalue weighted by molar-refractivity contribution is -0.384. The van der Waals surface area contributed by atoms with Crippen LogP contribution in [0.15, 0.2) is 29.2 Å². The highest BCUT2D eigenvalue weighted by molar-refractivity contribution is 6.32. The van der Waals surface area contributed by atoms with Crippen molar-refractivity contribution in [1.29, 1.82) is 0 Å². The summed E-state index contributed by atoms with van der Waals surface area (Å²) in [6, 6.07) is 4.86. The van der Waals surface area contributed by atoms with Crippen LogP contribution in [-0.4, -0.2) is 21.7 Å². The van der Waals surface area contributed by atoms with Crippen molar-refractivity contribution in [2.24, 2.45) is 0 Å². The largest absolute Gasteiger partial charge is 0.364 e. The SMILES string of the molecule is O=c1[nH]ncc(N2CCc3ccc([N+](=O)[O-])cc3C2)c1Cl. The molecule has 2 heterocycles. The van der Waals surface area contributed by atoms with Crippen LogP contribution in [0.2, 0.25) is 5.02 Å². The first-order valence-corrected chi connectivity index (χ1v) is 6.68. The molecule has 2 aromatic rings. The van der Waals surface area contributed by atoms with Gasteiger partial charge in [-0.05, 0) is 17.5 Å². The Labute approximate surface area is 124 Å². The smallest absolute Gasteiger partial charge is 0.285 e. The summed E-state index contributed by atoms with van der Waals surface area (Å²) in [5.74, 6) is 0. The first-order valence-electron chi connectivity index (χ1n) is 6.30. The van der Waals surface area contributed by atoms with Crippen molar-refractivity contribution in [3.05, 3.63) is 61.0 Å². The summed E-state index contributed by atoms with van der Waals surface area (Å²) in [6.07, 6.45) is 2.22. The van der Waals surface area contributed by atoms with Gasteiger partial charge in [0.1, 0.15) is 5.02 Å². The van der Waals surface area contributed by atoms with Crippen LogP contribution in [0.4, 0.5) is 11.4 Å². The Morgan fingerprint density at radius 3 is 2.95 bits per heavy atom. The van der Waals surface area contributed by atoms with Gasteiger partial charge in [-0.15, -0.1) is 0 Å². The summed E-state index contributed by atoms with van der Waals surface area (Å²) < 4.78 is 0. The molecule has 0 atom stereocenters. The number of benzene rings is 1. The maximum atomic E-state index is 11.5. The Bertz CT molecular complexity index is 774. The Balaban J connectivity index is 1.96. The van der Waals surface area contributed by atoms with Crippen LogP contribution in [0.25, 0.3) is 0 Å². The number of halogens is 1. The Hall–Kier alpha value is -2.41. The number of hydrogen-bond acceptors (Lipinski definition) is 5. The van der Waals surface area contributed by atoms with E-state index in [1.165, 1.54) is 12.3 Å². The minimum absolute atomic E-state index is 0.0609. The van der Waals surface area contributed by atoms with Crippen molar-refractivity contribution in [1.82, 2.24) is 10.2 Å². The van der Waals surface area contributed by atoms with Crippen LogP contribution < -0.4 is 10.5 Å². The second kappa shape index (κ2) is 5.17. The van der Waals surface area contributed by atoms with Crippen LogP contribution in [0.1, 0.15) is 11.1 Å². The Morgan fingerprint density at radius 2 is 2.19 bits per heavy atom. The van der Waals surface area contributed by atoms with E-state index in [1.807, 2.05) is 4.90 Å². The van der Waals surface area contributed by atoms with Gasteiger partial charge in [-0.25, -0.2) is 5.10 Å². The zero-order chi connectivity index (χ0) is 15.0. The Morgan fingerprint density at radius 1 is 1.38 bits per heavy atom. The van der Waals surface area contributed by atoms with Crippen LogP contribution >= 0.6 is 11.6 Å². The number of nitro groups is 1. The van der Waals surface area contributed by atoms with Gasteiger partial charge in [0.25, 0.3) is 11.2 Å². The molecule has 0 unspecified atom stereocenters. The van der Waals surface area contributed by atoms with E-state index >= 15 is 0 Å². The summed E-state index contributed by atoms with van der Waals surface area (Å²) in [5.41, 5.74) is 2.10. The highest BCUT2D eigenvalue weighted by Crippen LogP contribution is 2.29. The van der Waals surface area contributed by atoms with Crippen LogP contribution in [-0.2, 0) is 13.0 Å². The van der Waals surface area contributed by atoms with Gasteiger partial charge in [-0.2, -0.15) is 5.10 Å². The summed E-state index contributed by atoms with van der Waals surface area (Å²) in [5, 5.41) is 17.0. The number of rotatable bonds is 2. The van der Waals surface area contributed by atoms with Gasteiger partial charge >= 0.3 is 0 Å². The lowest BCUT2D eigenvalue weighted by Crippen LogP contribution is -2.32. The number of fused-ring (bicyclic) bond motifs is 1. The van der Waals surface area contributed by atoms with E-state index in [9.17, 15) is 14.9 Å². The van der Waals surface area contributed by atoms with E-state index < -0.39 is 10.5 Å². The van der Waals surface area contributed by atoms with Crippen molar-refractivity contribution in [3.63, 3.8) is 0 Å². The molecule has 21 heavy (non-hydrogen) atoms. The van der Waals surface area contributed by atoms with E-state index in [2.05, 4.69) is 10.2 Å². The minimum Gasteiger partial charge on any atom is -0.364 e. The second-order valence-electron chi connectivity index (χ2n) is 4.78.